The number of rotatable bonds is 0. The third kappa shape index (κ3) is 3.33. The molecule has 3 heterocycles. The number of anilines is 1. The van der Waals surface area contributed by atoms with Crippen LogP contribution in [-0.4, -0.2) is 33.1 Å². The zero-order valence-electron chi connectivity index (χ0n) is 14.1. The summed E-state index contributed by atoms with van der Waals surface area (Å²) in [5.41, 5.74) is 3.55. The Morgan fingerprint density at radius 3 is 2.65 bits per heavy atom. The second kappa shape index (κ2) is 6.75. The number of nitrogens with zero attached hydrogens (tertiary/aromatic N) is 3. The molecule has 0 aromatic carbocycles. The van der Waals surface area contributed by atoms with Crippen LogP contribution in [0.1, 0.15) is 43.6 Å². The van der Waals surface area contributed by atoms with Gasteiger partial charge in [-0.1, -0.05) is 12.8 Å². The van der Waals surface area contributed by atoms with Crippen molar-refractivity contribution >= 4 is 5.69 Å². The van der Waals surface area contributed by atoms with E-state index in [1.165, 1.54) is 0 Å². The Morgan fingerprint density at radius 1 is 1.19 bits per heavy atom. The lowest BCUT2D eigenvalue weighted by atomic mass is 9.95. The van der Waals surface area contributed by atoms with Gasteiger partial charge in [0, 0.05) is 5.56 Å². The van der Waals surface area contributed by atoms with Crippen molar-refractivity contribution in [3.8, 4) is 17.5 Å². The first-order valence-electron chi connectivity index (χ1n) is 8.26. The van der Waals surface area contributed by atoms with Gasteiger partial charge in [0.2, 0.25) is 11.5 Å². The van der Waals surface area contributed by atoms with Crippen LogP contribution in [0.4, 0.5) is 18.9 Å². The van der Waals surface area contributed by atoms with Crippen molar-refractivity contribution in [2.75, 3.05) is 12.3 Å². The maximum atomic E-state index is 13.5. The van der Waals surface area contributed by atoms with Gasteiger partial charge in [0.05, 0.1) is 12.3 Å². The number of pyridine rings is 1. The zero-order valence-corrected chi connectivity index (χ0v) is 14.1. The van der Waals surface area contributed by atoms with Crippen LogP contribution in [-0.2, 0) is 5.60 Å². The van der Waals surface area contributed by atoms with Gasteiger partial charge in [0.15, 0.2) is 5.69 Å². The van der Waals surface area contributed by atoms with E-state index in [4.69, 9.17) is 14.9 Å². The molecule has 1 aliphatic heterocycles. The van der Waals surface area contributed by atoms with Crippen LogP contribution in [0.25, 0.3) is 11.6 Å². The van der Waals surface area contributed by atoms with Crippen LogP contribution < -0.4 is 10.5 Å². The molecule has 10 heteroatoms. The lowest BCUT2D eigenvalue weighted by Gasteiger charge is -2.26. The number of aliphatic hydroxyl groups is 1. The number of hydrogen-bond acceptors (Lipinski definition) is 7. The first kappa shape index (κ1) is 18.4. The molecule has 1 aliphatic rings. The maximum Gasteiger partial charge on any atom is 0.426 e. The van der Waals surface area contributed by atoms with Crippen molar-refractivity contribution in [1.29, 1.82) is 0 Å². The predicted octanol–water partition coefficient (Wildman–Crippen LogP) is 3.12. The minimum absolute atomic E-state index is 0.0194. The van der Waals surface area contributed by atoms with E-state index in [1.807, 2.05) is 0 Å². The average molecular weight is 372 g/mol. The highest BCUT2D eigenvalue weighted by Gasteiger charge is 2.58. The van der Waals surface area contributed by atoms with E-state index < -0.39 is 24.1 Å². The van der Waals surface area contributed by atoms with Crippen LogP contribution in [0.2, 0.25) is 0 Å². The molecule has 2 aromatic rings. The van der Waals surface area contributed by atoms with Crippen LogP contribution in [0.5, 0.6) is 5.88 Å². The molecule has 0 amide bonds. The number of fused-ring (bicyclic) bond motifs is 5. The summed E-state index contributed by atoms with van der Waals surface area (Å²) in [5.74, 6) is -0.916. The standard InChI is InChI=1S/C16H19F3N4O3/c1-9-8-10(20)11-13-22-23-14(26-13)15(24,16(17,18)19)6-4-2-3-5-7-25-12(9)21-11/h8,24H,2-7,20H2,1H3. The molecule has 0 aliphatic carbocycles. The summed E-state index contributed by atoms with van der Waals surface area (Å²) in [6.07, 6.45) is -3.55. The Morgan fingerprint density at radius 2 is 1.92 bits per heavy atom. The minimum Gasteiger partial charge on any atom is -0.477 e. The highest BCUT2D eigenvalue weighted by molar-refractivity contribution is 5.67. The predicted molar refractivity (Wildman–Crippen MR) is 85.2 cm³/mol. The lowest BCUT2D eigenvalue weighted by Crippen LogP contribution is -2.42. The van der Waals surface area contributed by atoms with E-state index in [9.17, 15) is 18.3 Å². The highest BCUT2D eigenvalue weighted by atomic mass is 19.4. The van der Waals surface area contributed by atoms with Crippen molar-refractivity contribution in [2.24, 2.45) is 0 Å². The topological polar surface area (TPSA) is 107 Å². The number of ether oxygens (including phenoxy) is 1. The largest absolute Gasteiger partial charge is 0.477 e. The van der Waals surface area contributed by atoms with Crippen LogP contribution in [0.15, 0.2) is 10.5 Å². The SMILES string of the molecule is Cc1cc(N)c2nc1OCCCCCCC(O)(C(F)(F)F)c1nnc-2o1. The van der Waals surface area contributed by atoms with E-state index in [2.05, 4.69) is 15.2 Å². The number of aryl methyl sites for hydroxylation is 1. The zero-order chi connectivity index (χ0) is 18.9. The summed E-state index contributed by atoms with van der Waals surface area (Å²) < 4.78 is 51.2. The van der Waals surface area contributed by atoms with Gasteiger partial charge in [-0.25, -0.2) is 4.98 Å². The second-order valence-electron chi connectivity index (χ2n) is 6.33. The molecule has 142 valence electrons. The van der Waals surface area contributed by atoms with Gasteiger partial charge in [-0.05, 0) is 32.3 Å². The van der Waals surface area contributed by atoms with Crippen molar-refractivity contribution in [1.82, 2.24) is 15.2 Å². The Balaban J connectivity index is 2.10. The number of hydrogen-bond donors (Lipinski definition) is 2. The fourth-order valence-corrected chi connectivity index (χ4v) is 2.80. The van der Waals surface area contributed by atoms with Crippen molar-refractivity contribution in [2.45, 2.75) is 50.8 Å². The monoisotopic (exact) mass is 372 g/mol. The number of halogens is 3. The van der Waals surface area contributed by atoms with Gasteiger partial charge in [-0.3, -0.25) is 0 Å². The van der Waals surface area contributed by atoms with Crippen molar-refractivity contribution < 1.29 is 27.4 Å². The van der Waals surface area contributed by atoms with E-state index in [-0.39, 0.29) is 23.7 Å². The Bertz CT molecular complexity index is 794. The summed E-state index contributed by atoms with van der Waals surface area (Å²) in [7, 11) is 0. The Labute approximate surface area is 147 Å². The van der Waals surface area contributed by atoms with Gasteiger partial charge in [0.1, 0.15) is 0 Å². The molecule has 0 radical (unpaired) electrons. The molecular weight excluding hydrogens is 353 g/mol. The Kier molecular flexibility index (Phi) is 4.78. The number of aromatic nitrogens is 3. The number of nitrogens with two attached hydrogens (primary N) is 1. The normalized spacial score (nSPS) is 21.7. The van der Waals surface area contributed by atoms with Crippen molar-refractivity contribution in [3.63, 3.8) is 0 Å². The molecule has 0 fully saturated rings. The Hall–Kier alpha value is -2.36. The van der Waals surface area contributed by atoms with Gasteiger partial charge in [-0.15, -0.1) is 10.2 Å². The van der Waals surface area contributed by atoms with Crippen LogP contribution in [0, 0.1) is 6.92 Å². The van der Waals surface area contributed by atoms with Gasteiger partial charge in [-0.2, -0.15) is 13.2 Å². The molecular formula is C16H19F3N4O3. The molecule has 0 spiro atoms. The minimum atomic E-state index is -4.95. The van der Waals surface area contributed by atoms with E-state index in [0.29, 0.717) is 37.3 Å². The summed E-state index contributed by atoms with van der Waals surface area (Å²) >= 11 is 0. The molecule has 7 nitrogen and oxygen atoms in total. The summed E-state index contributed by atoms with van der Waals surface area (Å²) in [6.45, 7) is 2.13. The molecule has 0 saturated heterocycles. The first-order chi connectivity index (χ1) is 12.2. The number of alkyl halides is 3. The van der Waals surface area contributed by atoms with Crippen molar-refractivity contribution in [3.05, 3.63) is 17.5 Å². The van der Waals surface area contributed by atoms with Gasteiger partial charge >= 0.3 is 6.18 Å². The van der Waals surface area contributed by atoms with E-state index in [1.54, 1.807) is 13.0 Å². The third-order valence-corrected chi connectivity index (χ3v) is 4.32. The quantitative estimate of drug-likeness (QED) is 0.731. The van der Waals surface area contributed by atoms with Gasteiger partial charge in [0.25, 0.3) is 11.8 Å². The molecule has 1 unspecified atom stereocenters. The van der Waals surface area contributed by atoms with Gasteiger partial charge < -0.3 is 20.0 Å². The van der Waals surface area contributed by atoms with Crippen LogP contribution >= 0.6 is 0 Å². The summed E-state index contributed by atoms with van der Waals surface area (Å²) in [4.78, 5) is 4.21. The molecule has 0 saturated carbocycles. The fourth-order valence-electron chi connectivity index (χ4n) is 2.80. The first-order valence-corrected chi connectivity index (χ1v) is 8.26. The average Bonchev–Trinajstić information content (AvgIpc) is 3.03. The van der Waals surface area contributed by atoms with Crippen LogP contribution in [0.3, 0.4) is 0 Å². The van der Waals surface area contributed by atoms with E-state index >= 15 is 0 Å². The summed E-state index contributed by atoms with van der Waals surface area (Å²) in [5, 5.41) is 17.3. The molecule has 3 N–H and O–H groups in total. The maximum absolute atomic E-state index is 13.5. The third-order valence-electron chi connectivity index (χ3n) is 4.32. The summed E-state index contributed by atoms with van der Waals surface area (Å²) in [6, 6.07) is 1.57. The molecule has 4 bridgehead atoms. The smallest absolute Gasteiger partial charge is 0.426 e. The molecule has 3 rings (SSSR count). The number of nitrogen functional groups attached to an aromatic ring is 1. The lowest BCUT2D eigenvalue weighted by molar-refractivity contribution is -0.277. The molecule has 1 atom stereocenters. The molecule has 2 aromatic heterocycles. The fraction of sp³-hybridized carbons (Fsp3) is 0.562. The molecule has 26 heavy (non-hydrogen) atoms. The highest BCUT2D eigenvalue weighted by Crippen LogP contribution is 2.43. The van der Waals surface area contributed by atoms with E-state index in [0.717, 1.165) is 0 Å². The second-order valence-corrected chi connectivity index (χ2v) is 6.33.